The van der Waals surface area contributed by atoms with Gasteiger partial charge in [0.1, 0.15) is 0 Å². The largest absolute Gasteiger partial charge is 0.309 e. The van der Waals surface area contributed by atoms with E-state index in [0.29, 0.717) is 5.56 Å². The predicted octanol–water partition coefficient (Wildman–Crippen LogP) is 4.11. The molecule has 0 aliphatic heterocycles. The van der Waals surface area contributed by atoms with Gasteiger partial charge in [-0.2, -0.15) is 5.10 Å². The SMILES string of the molecule is CC(CN(C)C)C(/C=C/c1ccccc1)=N/NC(=O)c1ccccc1.Cl. The highest BCUT2D eigenvalue weighted by atomic mass is 35.5. The summed E-state index contributed by atoms with van der Waals surface area (Å²) in [5.41, 5.74) is 5.20. The fourth-order valence-corrected chi connectivity index (χ4v) is 2.47. The Morgan fingerprint density at radius 3 is 2.23 bits per heavy atom. The van der Waals surface area contributed by atoms with Gasteiger partial charge in [-0.1, -0.05) is 61.5 Å². The maximum Gasteiger partial charge on any atom is 0.271 e. The Balaban J connectivity index is 0.00000338. The highest BCUT2D eigenvalue weighted by molar-refractivity contribution is 6.01. The number of carbonyl (C=O) groups excluding carboxylic acids is 1. The third-order valence-electron chi connectivity index (χ3n) is 3.71. The highest BCUT2D eigenvalue weighted by Gasteiger charge is 2.11. The van der Waals surface area contributed by atoms with Crippen LogP contribution in [0.5, 0.6) is 0 Å². The van der Waals surface area contributed by atoms with Gasteiger partial charge in [0.2, 0.25) is 0 Å². The van der Waals surface area contributed by atoms with Crippen molar-refractivity contribution in [3.63, 3.8) is 0 Å². The molecule has 26 heavy (non-hydrogen) atoms. The molecule has 0 bridgehead atoms. The van der Waals surface area contributed by atoms with Crippen molar-refractivity contribution in [2.24, 2.45) is 11.0 Å². The molecule has 138 valence electrons. The van der Waals surface area contributed by atoms with Gasteiger partial charge in [0.05, 0.1) is 5.71 Å². The summed E-state index contributed by atoms with van der Waals surface area (Å²) in [7, 11) is 4.05. The Morgan fingerprint density at radius 2 is 1.65 bits per heavy atom. The summed E-state index contributed by atoms with van der Waals surface area (Å²) in [5.74, 6) is -0.0192. The van der Waals surface area contributed by atoms with Crippen LogP contribution in [0, 0.1) is 5.92 Å². The molecule has 1 amide bonds. The van der Waals surface area contributed by atoms with Crippen molar-refractivity contribution in [2.75, 3.05) is 20.6 Å². The third kappa shape index (κ3) is 7.21. The maximum absolute atomic E-state index is 12.2. The molecule has 2 aromatic rings. The van der Waals surface area contributed by atoms with Gasteiger partial charge in [-0.05, 0) is 37.9 Å². The Morgan fingerprint density at radius 1 is 1.08 bits per heavy atom. The average molecular weight is 372 g/mol. The number of rotatable bonds is 7. The second-order valence-corrected chi connectivity index (χ2v) is 6.25. The minimum absolute atomic E-state index is 0. The van der Waals surface area contributed by atoms with E-state index >= 15 is 0 Å². The highest BCUT2D eigenvalue weighted by Crippen LogP contribution is 2.07. The summed E-state index contributed by atoms with van der Waals surface area (Å²) in [6.07, 6.45) is 3.98. The smallest absolute Gasteiger partial charge is 0.271 e. The minimum atomic E-state index is -0.205. The molecule has 0 aliphatic carbocycles. The molecule has 1 unspecified atom stereocenters. The van der Waals surface area contributed by atoms with Gasteiger partial charge in [0.15, 0.2) is 0 Å². The number of hydrogen-bond donors (Lipinski definition) is 1. The molecule has 0 aromatic heterocycles. The van der Waals surface area contributed by atoms with E-state index < -0.39 is 0 Å². The standard InChI is InChI=1S/C21H25N3O.ClH/c1-17(16-24(2)3)20(15-14-18-10-6-4-7-11-18)22-23-21(25)19-12-8-5-9-13-19;/h4-15,17H,16H2,1-3H3,(H,23,25);1H/b15-14+,22-20+;. The second kappa shape index (κ2) is 11.2. The first-order valence-electron chi connectivity index (χ1n) is 8.37. The van der Waals surface area contributed by atoms with Crippen LogP contribution in [0.3, 0.4) is 0 Å². The molecule has 1 N–H and O–H groups in total. The zero-order valence-corrected chi connectivity index (χ0v) is 16.2. The summed E-state index contributed by atoms with van der Waals surface area (Å²) in [6.45, 7) is 2.95. The molecule has 2 aromatic carbocycles. The molecule has 1 atom stereocenters. The fourth-order valence-electron chi connectivity index (χ4n) is 2.47. The summed E-state index contributed by atoms with van der Waals surface area (Å²) >= 11 is 0. The molecule has 0 spiro atoms. The van der Waals surface area contributed by atoms with E-state index in [-0.39, 0.29) is 24.2 Å². The van der Waals surface area contributed by atoms with Crippen LogP contribution in [0.25, 0.3) is 6.08 Å². The lowest BCUT2D eigenvalue weighted by molar-refractivity contribution is 0.0954. The molecule has 0 saturated heterocycles. The third-order valence-corrected chi connectivity index (χ3v) is 3.71. The fraction of sp³-hybridized carbons (Fsp3) is 0.238. The minimum Gasteiger partial charge on any atom is -0.309 e. The van der Waals surface area contributed by atoms with Crippen LogP contribution >= 0.6 is 12.4 Å². The van der Waals surface area contributed by atoms with Gasteiger partial charge in [0.25, 0.3) is 5.91 Å². The number of nitrogens with one attached hydrogen (secondary N) is 1. The maximum atomic E-state index is 12.2. The summed E-state index contributed by atoms with van der Waals surface area (Å²) in [4.78, 5) is 14.3. The van der Waals surface area contributed by atoms with Crippen LogP contribution in [0.2, 0.25) is 0 Å². The van der Waals surface area contributed by atoms with Gasteiger partial charge in [0, 0.05) is 18.0 Å². The van der Waals surface area contributed by atoms with E-state index in [1.54, 1.807) is 12.1 Å². The molecule has 0 saturated carbocycles. The topological polar surface area (TPSA) is 44.7 Å². The molecule has 0 radical (unpaired) electrons. The monoisotopic (exact) mass is 371 g/mol. The van der Waals surface area contributed by atoms with E-state index in [1.807, 2.05) is 74.8 Å². The van der Waals surface area contributed by atoms with Crippen molar-refractivity contribution in [3.05, 3.63) is 77.9 Å². The predicted molar refractivity (Wildman–Crippen MR) is 112 cm³/mol. The Labute approximate surface area is 162 Å². The van der Waals surface area contributed by atoms with Crippen LogP contribution in [-0.2, 0) is 0 Å². The van der Waals surface area contributed by atoms with Crippen LogP contribution < -0.4 is 5.43 Å². The molecule has 5 heteroatoms. The number of nitrogens with zero attached hydrogens (tertiary/aromatic N) is 2. The number of benzene rings is 2. The van der Waals surface area contributed by atoms with Crippen LogP contribution in [-0.4, -0.2) is 37.2 Å². The Hall–Kier alpha value is -2.43. The first-order valence-corrected chi connectivity index (χ1v) is 8.37. The molecule has 0 heterocycles. The van der Waals surface area contributed by atoms with Crippen molar-refractivity contribution in [2.45, 2.75) is 6.92 Å². The van der Waals surface area contributed by atoms with Crippen LogP contribution in [0.15, 0.2) is 71.8 Å². The van der Waals surface area contributed by atoms with Gasteiger partial charge in [-0.25, -0.2) is 5.43 Å². The van der Waals surface area contributed by atoms with E-state index in [1.165, 1.54) is 0 Å². The van der Waals surface area contributed by atoms with Crippen molar-refractivity contribution in [3.8, 4) is 0 Å². The average Bonchev–Trinajstić information content (AvgIpc) is 2.62. The van der Waals surface area contributed by atoms with Gasteiger partial charge < -0.3 is 4.90 Å². The van der Waals surface area contributed by atoms with E-state index in [4.69, 9.17) is 0 Å². The normalized spacial score (nSPS) is 12.7. The lowest BCUT2D eigenvalue weighted by Gasteiger charge is -2.17. The first kappa shape index (κ1) is 21.6. The number of carbonyl (C=O) groups is 1. The number of hydrazone groups is 1. The van der Waals surface area contributed by atoms with Gasteiger partial charge in [-0.3, -0.25) is 4.79 Å². The van der Waals surface area contributed by atoms with E-state index in [9.17, 15) is 4.79 Å². The first-order chi connectivity index (χ1) is 12.1. The summed E-state index contributed by atoms with van der Waals surface area (Å²) in [5, 5.41) is 4.37. The zero-order valence-electron chi connectivity index (χ0n) is 15.4. The molecular weight excluding hydrogens is 346 g/mol. The van der Waals surface area contributed by atoms with Gasteiger partial charge >= 0.3 is 0 Å². The van der Waals surface area contributed by atoms with E-state index in [0.717, 1.165) is 17.8 Å². The lowest BCUT2D eigenvalue weighted by atomic mass is 10.0. The van der Waals surface area contributed by atoms with Crippen LogP contribution in [0.1, 0.15) is 22.8 Å². The molecule has 2 rings (SSSR count). The molecule has 0 fully saturated rings. The number of halogens is 1. The molecular formula is C21H26ClN3O. The molecule has 0 aliphatic rings. The quantitative estimate of drug-likeness (QED) is 0.588. The zero-order chi connectivity index (χ0) is 18.1. The second-order valence-electron chi connectivity index (χ2n) is 6.25. The number of allylic oxidation sites excluding steroid dienone is 1. The van der Waals surface area contributed by atoms with Gasteiger partial charge in [-0.15, -0.1) is 12.4 Å². The Bertz CT molecular complexity index is 727. The lowest BCUT2D eigenvalue weighted by Crippen LogP contribution is -2.27. The number of hydrogen-bond acceptors (Lipinski definition) is 3. The summed E-state index contributed by atoms with van der Waals surface area (Å²) < 4.78 is 0. The van der Waals surface area contributed by atoms with Crippen molar-refractivity contribution < 1.29 is 4.79 Å². The number of amides is 1. The summed E-state index contributed by atoms with van der Waals surface area (Å²) in [6, 6.07) is 19.1. The van der Waals surface area contributed by atoms with Crippen molar-refractivity contribution in [1.82, 2.24) is 10.3 Å². The van der Waals surface area contributed by atoms with Crippen molar-refractivity contribution >= 4 is 30.1 Å². The van der Waals surface area contributed by atoms with Crippen molar-refractivity contribution in [1.29, 1.82) is 0 Å². The van der Waals surface area contributed by atoms with Crippen LogP contribution in [0.4, 0.5) is 0 Å². The van der Waals surface area contributed by atoms with E-state index in [2.05, 4.69) is 22.4 Å². The molecule has 4 nitrogen and oxygen atoms in total. The Kier molecular flexibility index (Phi) is 9.34.